The van der Waals surface area contributed by atoms with Crippen LogP contribution in [0, 0.1) is 17.8 Å². The zero-order chi connectivity index (χ0) is 7.42. The highest BCUT2D eigenvalue weighted by atomic mass is 15.3. The first-order valence-corrected chi connectivity index (χ1v) is 4.82. The van der Waals surface area contributed by atoms with Crippen molar-refractivity contribution < 1.29 is 0 Å². The van der Waals surface area contributed by atoms with Crippen molar-refractivity contribution in [3.63, 3.8) is 0 Å². The summed E-state index contributed by atoms with van der Waals surface area (Å²) in [5.41, 5.74) is 6.09. The predicted octanol–water partition coefficient (Wildman–Crippen LogP) is 0.633. The molecular weight excluding hydrogens is 136 g/mol. The van der Waals surface area contributed by atoms with Gasteiger partial charge >= 0.3 is 0 Å². The molecule has 0 aromatic heterocycles. The molecule has 2 heteroatoms. The lowest BCUT2D eigenvalue weighted by molar-refractivity contribution is -0.0619. The van der Waals surface area contributed by atoms with Gasteiger partial charge in [0.2, 0.25) is 0 Å². The van der Waals surface area contributed by atoms with E-state index in [0.29, 0.717) is 6.17 Å². The van der Waals surface area contributed by atoms with E-state index in [0.717, 1.165) is 17.8 Å². The monoisotopic (exact) mass is 152 g/mol. The lowest BCUT2D eigenvalue weighted by atomic mass is 9.67. The molecular formula is C9H16N2. The lowest BCUT2D eigenvalue weighted by Gasteiger charge is -2.55. The molecule has 3 atom stereocenters. The van der Waals surface area contributed by atoms with Crippen molar-refractivity contribution in [1.82, 2.24) is 4.90 Å². The number of nitrogens with two attached hydrogens (primary N) is 1. The third-order valence-electron chi connectivity index (χ3n) is 3.83. The fraction of sp³-hybridized carbons (Fsp3) is 1.00. The highest BCUT2D eigenvalue weighted by molar-refractivity contribution is 4.97. The molecule has 4 rings (SSSR count). The molecule has 3 aliphatic heterocycles. The molecule has 11 heavy (non-hydrogen) atoms. The van der Waals surface area contributed by atoms with Crippen LogP contribution in [0.25, 0.3) is 0 Å². The third-order valence-corrected chi connectivity index (χ3v) is 3.83. The minimum atomic E-state index is 0.419. The van der Waals surface area contributed by atoms with Gasteiger partial charge in [0.15, 0.2) is 0 Å². The van der Waals surface area contributed by atoms with E-state index in [4.69, 9.17) is 5.73 Å². The van der Waals surface area contributed by atoms with Crippen molar-refractivity contribution in [3.05, 3.63) is 0 Å². The minimum Gasteiger partial charge on any atom is -0.315 e. The first-order chi connectivity index (χ1) is 5.33. The van der Waals surface area contributed by atoms with Crippen LogP contribution < -0.4 is 5.73 Å². The van der Waals surface area contributed by atoms with Gasteiger partial charge in [-0.3, -0.25) is 4.90 Å². The summed E-state index contributed by atoms with van der Waals surface area (Å²) >= 11 is 0. The van der Waals surface area contributed by atoms with Crippen LogP contribution in [-0.2, 0) is 0 Å². The maximum Gasteiger partial charge on any atom is 0.0601 e. The summed E-state index contributed by atoms with van der Waals surface area (Å²) in [6.45, 7) is 2.60. The molecule has 0 aromatic carbocycles. The maximum absolute atomic E-state index is 6.09. The van der Waals surface area contributed by atoms with E-state index in [1.807, 2.05) is 0 Å². The summed E-state index contributed by atoms with van der Waals surface area (Å²) in [6.07, 6.45) is 4.77. The molecule has 2 nitrogen and oxygen atoms in total. The van der Waals surface area contributed by atoms with E-state index in [1.54, 1.807) is 0 Å². The number of hydrogen-bond acceptors (Lipinski definition) is 2. The molecule has 1 saturated carbocycles. The molecule has 0 amide bonds. The maximum atomic E-state index is 6.09. The molecule has 3 heterocycles. The first-order valence-electron chi connectivity index (χ1n) is 4.82. The van der Waals surface area contributed by atoms with Crippen molar-refractivity contribution in [1.29, 1.82) is 0 Å². The van der Waals surface area contributed by atoms with E-state index in [9.17, 15) is 0 Å². The lowest BCUT2D eigenvalue weighted by Crippen LogP contribution is -2.62. The van der Waals surface area contributed by atoms with Crippen LogP contribution >= 0.6 is 0 Å². The van der Waals surface area contributed by atoms with Crippen molar-refractivity contribution >= 4 is 0 Å². The number of rotatable bonds is 0. The van der Waals surface area contributed by atoms with Crippen molar-refractivity contribution in [2.45, 2.75) is 25.4 Å². The van der Waals surface area contributed by atoms with Gasteiger partial charge < -0.3 is 5.73 Å². The van der Waals surface area contributed by atoms with Gasteiger partial charge in [-0.05, 0) is 37.0 Å². The summed E-state index contributed by atoms with van der Waals surface area (Å²) in [5, 5.41) is 0. The van der Waals surface area contributed by atoms with Gasteiger partial charge in [0.1, 0.15) is 0 Å². The normalized spacial score (nSPS) is 60.3. The van der Waals surface area contributed by atoms with Crippen LogP contribution in [0.4, 0.5) is 0 Å². The van der Waals surface area contributed by atoms with E-state index in [2.05, 4.69) is 4.90 Å². The number of nitrogens with zero attached hydrogens (tertiary/aromatic N) is 1. The zero-order valence-electron chi connectivity index (χ0n) is 6.87. The van der Waals surface area contributed by atoms with Crippen LogP contribution in [0.15, 0.2) is 0 Å². The number of piperidine rings is 3. The van der Waals surface area contributed by atoms with Gasteiger partial charge in [-0.2, -0.15) is 0 Å². The second-order valence-corrected chi connectivity index (χ2v) is 4.64. The van der Waals surface area contributed by atoms with Crippen LogP contribution in [0.3, 0.4) is 0 Å². The molecule has 0 aromatic rings. The Hall–Kier alpha value is -0.0800. The molecule has 4 bridgehead atoms. The summed E-state index contributed by atoms with van der Waals surface area (Å²) < 4.78 is 0. The van der Waals surface area contributed by atoms with Gasteiger partial charge in [0.25, 0.3) is 0 Å². The first kappa shape index (κ1) is 6.44. The molecule has 1 aliphatic carbocycles. The Labute approximate surface area is 67.7 Å². The predicted molar refractivity (Wildman–Crippen MR) is 43.9 cm³/mol. The topological polar surface area (TPSA) is 29.3 Å². The summed E-state index contributed by atoms with van der Waals surface area (Å²) in [6, 6.07) is 0. The van der Waals surface area contributed by atoms with Gasteiger partial charge in [-0.15, -0.1) is 0 Å². The average Bonchev–Trinajstić information content (AvgIpc) is 1.98. The number of hydrogen-bond donors (Lipinski definition) is 1. The van der Waals surface area contributed by atoms with E-state index in [1.165, 1.54) is 32.4 Å². The molecule has 0 spiro atoms. The Kier molecular flexibility index (Phi) is 1.16. The summed E-state index contributed by atoms with van der Waals surface area (Å²) in [7, 11) is 0. The average molecular weight is 152 g/mol. The third kappa shape index (κ3) is 0.798. The standard InChI is InChI=1S/C9H16N2/c10-9-8-2-6-1-7(3-8)5-11(9)4-6/h6-9H,1-5,10H2/t6?,7?,8?,9-/m1/s1. The SMILES string of the molecule is N[C@H]1C2CC3CC(C2)CN1C3. The molecule has 2 unspecified atom stereocenters. The molecule has 4 aliphatic rings. The highest BCUT2D eigenvalue weighted by Crippen LogP contribution is 2.44. The Morgan fingerprint density at radius 3 is 2.18 bits per heavy atom. The smallest absolute Gasteiger partial charge is 0.0601 e. The largest absolute Gasteiger partial charge is 0.315 e. The molecule has 3 saturated heterocycles. The fourth-order valence-electron chi connectivity index (χ4n) is 3.47. The van der Waals surface area contributed by atoms with Crippen molar-refractivity contribution in [3.8, 4) is 0 Å². The van der Waals surface area contributed by atoms with Crippen LogP contribution in [0.2, 0.25) is 0 Å². The minimum absolute atomic E-state index is 0.419. The fourth-order valence-corrected chi connectivity index (χ4v) is 3.47. The van der Waals surface area contributed by atoms with Crippen LogP contribution in [0.5, 0.6) is 0 Å². The van der Waals surface area contributed by atoms with Gasteiger partial charge in [0.05, 0.1) is 6.17 Å². The summed E-state index contributed by atoms with van der Waals surface area (Å²) in [4.78, 5) is 2.51. The molecule has 62 valence electrons. The van der Waals surface area contributed by atoms with E-state index < -0.39 is 0 Å². The second kappa shape index (κ2) is 1.99. The van der Waals surface area contributed by atoms with Gasteiger partial charge in [-0.25, -0.2) is 0 Å². The zero-order valence-corrected chi connectivity index (χ0v) is 6.87. The summed E-state index contributed by atoms with van der Waals surface area (Å²) in [5.74, 6) is 2.86. The van der Waals surface area contributed by atoms with Crippen LogP contribution in [0.1, 0.15) is 19.3 Å². The van der Waals surface area contributed by atoms with Crippen LogP contribution in [-0.4, -0.2) is 24.2 Å². The molecule has 2 N–H and O–H groups in total. The Morgan fingerprint density at radius 1 is 1.00 bits per heavy atom. The van der Waals surface area contributed by atoms with E-state index >= 15 is 0 Å². The van der Waals surface area contributed by atoms with Crippen molar-refractivity contribution in [2.24, 2.45) is 23.5 Å². The Balaban J connectivity index is 1.91. The van der Waals surface area contributed by atoms with Crippen molar-refractivity contribution in [2.75, 3.05) is 13.1 Å². The van der Waals surface area contributed by atoms with E-state index in [-0.39, 0.29) is 0 Å². The van der Waals surface area contributed by atoms with Gasteiger partial charge in [-0.1, -0.05) is 0 Å². The molecule has 4 fully saturated rings. The molecule has 0 radical (unpaired) electrons. The quantitative estimate of drug-likeness (QED) is 0.551. The second-order valence-electron chi connectivity index (χ2n) is 4.64. The van der Waals surface area contributed by atoms with Gasteiger partial charge in [0, 0.05) is 13.1 Å². The highest BCUT2D eigenvalue weighted by Gasteiger charge is 2.45. The Morgan fingerprint density at radius 2 is 1.64 bits per heavy atom. The Bertz CT molecular complexity index is 150.